The molecule has 0 fully saturated rings. The first kappa shape index (κ1) is 23.1. The van der Waals surface area contributed by atoms with Crippen molar-refractivity contribution in [2.75, 3.05) is 6.54 Å². The van der Waals surface area contributed by atoms with Crippen LogP contribution in [0.25, 0.3) is 5.78 Å². The fourth-order valence-corrected chi connectivity index (χ4v) is 3.16. The molecule has 1 atom stereocenters. The van der Waals surface area contributed by atoms with Crippen LogP contribution in [0.4, 0.5) is 18.9 Å². The normalized spacial score (nSPS) is 12.7. The Morgan fingerprint density at radius 3 is 2.50 bits per heavy atom. The Balaban J connectivity index is 1.62. The van der Waals surface area contributed by atoms with Crippen LogP contribution in [0.15, 0.2) is 24.3 Å². The van der Waals surface area contributed by atoms with Crippen molar-refractivity contribution in [3.05, 3.63) is 62.7 Å². The number of alkyl halides is 3. The molecule has 0 saturated heterocycles. The second kappa shape index (κ2) is 8.86. The fourth-order valence-electron chi connectivity index (χ4n) is 3.16. The highest BCUT2D eigenvalue weighted by Gasteiger charge is 2.37. The van der Waals surface area contributed by atoms with Crippen LogP contribution in [-0.4, -0.2) is 42.1 Å². The molecular formula is C19H19F3N6O4. The highest BCUT2D eigenvalue weighted by atomic mass is 19.4. The van der Waals surface area contributed by atoms with Crippen molar-refractivity contribution in [1.82, 2.24) is 24.9 Å². The van der Waals surface area contributed by atoms with Crippen molar-refractivity contribution in [3.8, 4) is 0 Å². The first-order valence-electron chi connectivity index (χ1n) is 9.46. The number of halogens is 3. The van der Waals surface area contributed by atoms with Gasteiger partial charge in [-0.3, -0.25) is 14.9 Å². The molecule has 2 aromatic heterocycles. The predicted octanol–water partition coefficient (Wildman–Crippen LogP) is 2.45. The van der Waals surface area contributed by atoms with E-state index in [1.54, 1.807) is 13.8 Å². The van der Waals surface area contributed by atoms with Gasteiger partial charge in [0, 0.05) is 36.5 Å². The van der Waals surface area contributed by atoms with Gasteiger partial charge in [-0.25, -0.2) is 9.50 Å². The van der Waals surface area contributed by atoms with E-state index in [0.717, 1.165) is 4.52 Å². The SMILES string of the molecule is Cc1nc2nc(C(F)(F)F)nn2c(C)c1CCC(=O)NCC(O)c1ccc([N+](=O)[O-])cc1. The van der Waals surface area contributed by atoms with Gasteiger partial charge in [0.25, 0.3) is 17.3 Å². The third kappa shape index (κ3) is 4.99. The van der Waals surface area contributed by atoms with E-state index >= 15 is 0 Å². The molecule has 10 nitrogen and oxygen atoms in total. The topological polar surface area (TPSA) is 136 Å². The Labute approximate surface area is 179 Å². The maximum Gasteiger partial charge on any atom is 0.453 e. The number of aromatic nitrogens is 4. The first-order valence-corrected chi connectivity index (χ1v) is 9.46. The molecule has 0 radical (unpaired) electrons. The molecule has 2 N–H and O–H groups in total. The van der Waals surface area contributed by atoms with Gasteiger partial charge in [0.2, 0.25) is 5.91 Å². The summed E-state index contributed by atoms with van der Waals surface area (Å²) in [5.41, 5.74) is 1.70. The van der Waals surface area contributed by atoms with Gasteiger partial charge in [-0.15, -0.1) is 5.10 Å². The molecule has 0 aliphatic rings. The molecule has 170 valence electrons. The number of nitro benzene ring substituents is 1. The van der Waals surface area contributed by atoms with Crippen LogP contribution in [0.1, 0.15) is 40.9 Å². The van der Waals surface area contributed by atoms with Gasteiger partial charge >= 0.3 is 6.18 Å². The van der Waals surface area contributed by atoms with Gasteiger partial charge in [0.05, 0.1) is 11.0 Å². The third-order valence-electron chi connectivity index (χ3n) is 4.89. The molecule has 3 rings (SSSR count). The number of nitrogens with zero attached hydrogens (tertiary/aromatic N) is 5. The van der Waals surface area contributed by atoms with E-state index in [1.165, 1.54) is 24.3 Å². The summed E-state index contributed by atoms with van der Waals surface area (Å²) in [5.74, 6) is -1.85. The number of non-ortho nitro benzene ring substituents is 1. The first-order chi connectivity index (χ1) is 15.0. The summed E-state index contributed by atoms with van der Waals surface area (Å²) in [6, 6.07) is 5.30. The number of nitrogens with one attached hydrogen (secondary N) is 1. The second-order valence-corrected chi connectivity index (χ2v) is 7.07. The van der Waals surface area contributed by atoms with Crippen molar-refractivity contribution >= 4 is 17.4 Å². The lowest BCUT2D eigenvalue weighted by Gasteiger charge is -2.13. The maximum absolute atomic E-state index is 12.9. The van der Waals surface area contributed by atoms with Crippen LogP contribution >= 0.6 is 0 Å². The molecule has 0 spiro atoms. The largest absolute Gasteiger partial charge is 0.453 e. The number of amides is 1. The fraction of sp³-hybridized carbons (Fsp3) is 0.368. The predicted molar refractivity (Wildman–Crippen MR) is 105 cm³/mol. The van der Waals surface area contributed by atoms with E-state index in [1.807, 2.05) is 0 Å². The van der Waals surface area contributed by atoms with Crippen molar-refractivity contribution in [3.63, 3.8) is 0 Å². The minimum Gasteiger partial charge on any atom is -0.387 e. The average molecular weight is 452 g/mol. The molecule has 1 aromatic carbocycles. The third-order valence-corrected chi connectivity index (χ3v) is 4.89. The van der Waals surface area contributed by atoms with Gasteiger partial charge in [-0.1, -0.05) is 0 Å². The Morgan fingerprint density at radius 2 is 1.91 bits per heavy atom. The molecule has 13 heteroatoms. The van der Waals surface area contributed by atoms with Crippen LogP contribution in [-0.2, 0) is 17.4 Å². The summed E-state index contributed by atoms with van der Waals surface area (Å²) in [4.78, 5) is 29.8. The summed E-state index contributed by atoms with van der Waals surface area (Å²) in [5, 5.41) is 26.9. The number of aliphatic hydroxyl groups excluding tert-OH is 1. The molecule has 0 bridgehead atoms. The summed E-state index contributed by atoms with van der Waals surface area (Å²) in [6.07, 6.45) is -5.56. The summed E-state index contributed by atoms with van der Waals surface area (Å²) in [6.45, 7) is 3.08. The van der Waals surface area contributed by atoms with E-state index in [4.69, 9.17) is 0 Å². The van der Waals surface area contributed by atoms with Crippen molar-refractivity contribution in [2.45, 2.75) is 39.0 Å². The second-order valence-electron chi connectivity index (χ2n) is 7.07. The van der Waals surface area contributed by atoms with Crippen LogP contribution in [0.3, 0.4) is 0 Å². The molecule has 3 aromatic rings. The highest BCUT2D eigenvalue weighted by Crippen LogP contribution is 2.27. The lowest BCUT2D eigenvalue weighted by atomic mass is 10.1. The van der Waals surface area contributed by atoms with Gasteiger partial charge in [-0.05, 0) is 43.5 Å². The molecule has 1 amide bonds. The molecule has 0 saturated carbocycles. The zero-order valence-electron chi connectivity index (χ0n) is 17.0. The number of aryl methyl sites for hydroxylation is 2. The number of benzene rings is 1. The zero-order valence-corrected chi connectivity index (χ0v) is 17.0. The number of hydrogen-bond donors (Lipinski definition) is 2. The van der Waals surface area contributed by atoms with E-state index in [9.17, 15) is 33.2 Å². The average Bonchev–Trinajstić information content (AvgIpc) is 3.16. The van der Waals surface area contributed by atoms with Crippen LogP contribution in [0.5, 0.6) is 0 Å². The number of aliphatic hydroxyl groups is 1. The smallest absolute Gasteiger partial charge is 0.387 e. The van der Waals surface area contributed by atoms with E-state index in [2.05, 4.69) is 20.4 Å². The molecule has 1 unspecified atom stereocenters. The summed E-state index contributed by atoms with van der Waals surface area (Å²) in [7, 11) is 0. The minimum absolute atomic E-state index is 0.00265. The summed E-state index contributed by atoms with van der Waals surface area (Å²) >= 11 is 0. The maximum atomic E-state index is 12.9. The van der Waals surface area contributed by atoms with E-state index in [0.29, 0.717) is 22.5 Å². The molecular weight excluding hydrogens is 433 g/mol. The number of rotatable bonds is 7. The van der Waals surface area contributed by atoms with Crippen LogP contribution in [0.2, 0.25) is 0 Å². The number of hydrogen-bond acceptors (Lipinski definition) is 7. The number of carbonyl (C=O) groups is 1. The van der Waals surface area contributed by atoms with E-state index < -0.39 is 23.0 Å². The monoisotopic (exact) mass is 452 g/mol. The number of fused-ring (bicyclic) bond motifs is 1. The highest BCUT2D eigenvalue weighted by molar-refractivity contribution is 5.76. The molecule has 32 heavy (non-hydrogen) atoms. The lowest BCUT2D eigenvalue weighted by Crippen LogP contribution is -2.28. The zero-order chi connectivity index (χ0) is 23.6. The van der Waals surface area contributed by atoms with Crippen molar-refractivity contribution < 1.29 is 28.0 Å². The van der Waals surface area contributed by atoms with Gasteiger partial charge in [0.15, 0.2) is 0 Å². The minimum atomic E-state index is -4.70. The number of carbonyl (C=O) groups excluding carboxylic acids is 1. The van der Waals surface area contributed by atoms with Crippen molar-refractivity contribution in [1.29, 1.82) is 0 Å². The Kier molecular flexibility index (Phi) is 6.39. The van der Waals surface area contributed by atoms with Crippen LogP contribution in [0, 0.1) is 24.0 Å². The van der Waals surface area contributed by atoms with E-state index in [-0.39, 0.29) is 36.8 Å². The molecule has 2 heterocycles. The quantitative estimate of drug-likeness (QED) is 0.415. The lowest BCUT2D eigenvalue weighted by molar-refractivity contribution is -0.384. The molecule has 0 aliphatic carbocycles. The summed E-state index contributed by atoms with van der Waals surface area (Å²) < 4.78 is 39.6. The van der Waals surface area contributed by atoms with Gasteiger partial charge in [-0.2, -0.15) is 18.2 Å². The Morgan fingerprint density at radius 1 is 1.25 bits per heavy atom. The van der Waals surface area contributed by atoms with Crippen molar-refractivity contribution in [2.24, 2.45) is 0 Å². The standard InChI is InChI=1S/C19H19F3N6O4/c1-10-14(11(2)27-18(24-10)25-17(26-27)19(20,21)22)7-8-16(30)23-9-15(29)12-3-5-13(6-4-12)28(31)32/h3-6,15,29H,7-9H2,1-2H3,(H,23,30). The number of nitro groups is 1. The van der Waals surface area contributed by atoms with Gasteiger partial charge < -0.3 is 10.4 Å². The van der Waals surface area contributed by atoms with Crippen LogP contribution < -0.4 is 5.32 Å². The van der Waals surface area contributed by atoms with Gasteiger partial charge in [0.1, 0.15) is 0 Å². The Bertz CT molecular complexity index is 1160. The Hall–Kier alpha value is -3.61. The molecule has 0 aliphatic heterocycles.